The van der Waals surface area contributed by atoms with Gasteiger partial charge in [-0.1, -0.05) is 13.0 Å². The van der Waals surface area contributed by atoms with E-state index in [-0.39, 0.29) is 12.1 Å². The molecule has 0 saturated heterocycles. The first-order valence-electron chi connectivity index (χ1n) is 6.64. The number of nitrogen functional groups attached to an aromatic ring is 1. The summed E-state index contributed by atoms with van der Waals surface area (Å²) < 4.78 is 5.57. The van der Waals surface area contributed by atoms with Crippen molar-refractivity contribution < 1.29 is 9.53 Å². The van der Waals surface area contributed by atoms with Crippen LogP contribution in [0.1, 0.15) is 48.5 Å². The van der Waals surface area contributed by atoms with Gasteiger partial charge in [-0.05, 0) is 56.2 Å². The van der Waals surface area contributed by atoms with Gasteiger partial charge in [0.25, 0.3) is 0 Å². The van der Waals surface area contributed by atoms with Crippen molar-refractivity contribution in [3.63, 3.8) is 0 Å². The smallest absolute Gasteiger partial charge is 0.338 e. The summed E-state index contributed by atoms with van der Waals surface area (Å²) in [5.41, 5.74) is 7.85. The van der Waals surface area contributed by atoms with Crippen molar-refractivity contribution in [1.29, 1.82) is 0 Å². The Morgan fingerprint density at radius 3 is 2.61 bits per heavy atom. The molecule has 0 spiro atoms. The van der Waals surface area contributed by atoms with Gasteiger partial charge in [0.05, 0.1) is 5.56 Å². The fraction of sp³-hybridized carbons (Fsp3) is 0.533. The molecule has 0 unspecified atom stereocenters. The van der Waals surface area contributed by atoms with Gasteiger partial charge in [0.2, 0.25) is 0 Å². The maximum absolute atomic E-state index is 12.1. The zero-order valence-electron chi connectivity index (χ0n) is 11.1. The van der Waals surface area contributed by atoms with Gasteiger partial charge in [0.1, 0.15) is 6.10 Å². The molecule has 0 radical (unpaired) electrons. The van der Waals surface area contributed by atoms with E-state index in [0.29, 0.717) is 11.3 Å². The normalized spacial score (nSPS) is 23.7. The molecule has 1 fully saturated rings. The number of carbonyl (C=O) groups excluding carboxylic acids is 1. The van der Waals surface area contributed by atoms with Crippen LogP contribution in [0.25, 0.3) is 0 Å². The Hall–Kier alpha value is -1.51. The lowest BCUT2D eigenvalue weighted by Gasteiger charge is -2.26. The number of rotatable bonds is 2. The van der Waals surface area contributed by atoms with Crippen LogP contribution in [0.3, 0.4) is 0 Å². The number of hydrogen-bond donors (Lipinski definition) is 1. The minimum atomic E-state index is -0.237. The van der Waals surface area contributed by atoms with E-state index in [1.807, 2.05) is 6.92 Å². The summed E-state index contributed by atoms with van der Waals surface area (Å²) in [7, 11) is 0. The van der Waals surface area contributed by atoms with Crippen molar-refractivity contribution in [2.45, 2.75) is 45.6 Å². The van der Waals surface area contributed by atoms with Gasteiger partial charge in [0.15, 0.2) is 0 Å². The summed E-state index contributed by atoms with van der Waals surface area (Å²) in [6.07, 6.45) is 4.33. The molecule has 1 aromatic rings. The molecule has 0 aliphatic heterocycles. The third-order valence-corrected chi connectivity index (χ3v) is 3.83. The highest BCUT2D eigenvalue weighted by Crippen LogP contribution is 2.27. The summed E-state index contributed by atoms with van der Waals surface area (Å²) in [6, 6.07) is 5.37. The Morgan fingerprint density at radius 1 is 1.28 bits per heavy atom. The van der Waals surface area contributed by atoms with E-state index in [9.17, 15) is 4.79 Å². The van der Waals surface area contributed by atoms with Crippen LogP contribution < -0.4 is 5.73 Å². The van der Waals surface area contributed by atoms with Crippen LogP contribution in [0, 0.1) is 12.8 Å². The highest BCUT2D eigenvalue weighted by atomic mass is 16.5. The van der Waals surface area contributed by atoms with Gasteiger partial charge in [-0.25, -0.2) is 4.79 Å². The predicted molar refractivity (Wildman–Crippen MR) is 72.4 cm³/mol. The third-order valence-electron chi connectivity index (χ3n) is 3.83. The molecule has 98 valence electrons. The van der Waals surface area contributed by atoms with Gasteiger partial charge in [-0.3, -0.25) is 0 Å². The number of anilines is 1. The van der Waals surface area contributed by atoms with Crippen LogP contribution in [-0.4, -0.2) is 12.1 Å². The molecule has 18 heavy (non-hydrogen) atoms. The van der Waals surface area contributed by atoms with E-state index in [4.69, 9.17) is 10.5 Å². The maximum Gasteiger partial charge on any atom is 0.338 e. The number of nitrogens with two attached hydrogens (primary N) is 1. The van der Waals surface area contributed by atoms with E-state index in [0.717, 1.165) is 37.2 Å². The van der Waals surface area contributed by atoms with E-state index >= 15 is 0 Å². The molecular formula is C15H21NO2. The number of ether oxygens (including phenoxy) is 1. The standard InChI is InChI=1S/C15H21NO2/c1-10-6-8-12(9-7-10)18-15(17)13-4-3-5-14(16)11(13)2/h3-5,10,12H,6-9,16H2,1-2H3. The van der Waals surface area contributed by atoms with Crippen LogP contribution in [0.2, 0.25) is 0 Å². The van der Waals surface area contributed by atoms with Crippen molar-refractivity contribution in [3.8, 4) is 0 Å². The average Bonchev–Trinajstić information content (AvgIpc) is 2.35. The molecule has 0 aromatic heterocycles. The largest absolute Gasteiger partial charge is 0.459 e. The van der Waals surface area contributed by atoms with Crippen molar-refractivity contribution in [2.24, 2.45) is 5.92 Å². The lowest BCUT2D eigenvalue weighted by Crippen LogP contribution is -2.24. The fourth-order valence-electron chi connectivity index (χ4n) is 2.44. The molecule has 0 heterocycles. The van der Waals surface area contributed by atoms with Crippen LogP contribution in [-0.2, 0) is 4.74 Å². The van der Waals surface area contributed by atoms with Gasteiger partial charge in [0, 0.05) is 5.69 Å². The topological polar surface area (TPSA) is 52.3 Å². The van der Waals surface area contributed by atoms with E-state index in [1.165, 1.54) is 0 Å². The van der Waals surface area contributed by atoms with E-state index in [1.54, 1.807) is 18.2 Å². The fourth-order valence-corrected chi connectivity index (χ4v) is 2.44. The second-order valence-electron chi connectivity index (χ2n) is 5.31. The summed E-state index contributed by atoms with van der Waals surface area (Å²) in [5.74, 6) is 0.522. The predicted octanol–water partition coefficient (Wildman–Crippen LogP) is 3.31. The summed E-state index contributed by atoms with van der Waals surface area (Å²) in [5, 5.41) is 0. The Bertz CT molecular complexity index is 434. The van der Waals surface area contributed by atoms with Gasteiger partial charge in [-0.15, -0.1) is 0 Å². The molecule has 1 aliphatic carbocycles. The Labute approximate surface area is 108 Å². The lowest BCUT2D eigenvalue weighted by molar-refractivity contribution is 0.0173. The highest BCUT2D eigenvalue weighted by molar-refractivity contribution is 5.92. The Morgan fingerprint density at radius 2 is 1.94 bits per heavy atom. The minimum Gasteiger partial charge on any atom is -0.459 e. The van der Waals surface area contributed by atoms with Crippen molar-refractivity contribution in [1.82, 2.24) is 0 Å². The molecule has 3 heteroatoms. The first-order valence-corrected chi connectivity index (χ1v) is 6.64. The SMILES string of the molecule is Cc1c(N)cccc1C(=O)OC1CCC(C)CC1. The van der Waals surface area contributed by atoms with E-state index < -0.39 is 0 Å². The lowest BCUT2D eigenvalue weighted by atomic mass is 9.89. The van der Waals surface area contributed by atoms with Crippen LogP contribution in [0.5, 0.6) is 0 Å². The van der Waals surface area contributed by atoms with Crippen LogP contribution in [0.15, 0.2) is 18.2 Å². The molecule has 0 atom stereocenters. The van der Waals surface area contributed by atoms with Gasteiger partial charge < -0.3 is 10.5 Å². The highest BCUT2D eigenvalue weighted by Gasteiger charge is 2.22. The molecule has 0 bridgehead atoms. The van der Waals surface area contributed by atoms with Crippen molar-refractivity contribution in [2.75, 3.05) is 5.73 Å². The number of hydrogen-bond acceptors (Lipinski definition) is 3. The molecule has 2 rings (SSSR count). The number of esters is 1. The summed E-state index contributed by atoms with van der Waals surface area (Å²) in [4.78, 5) is 12.1. The zero-order valence-corrected chi connectivity index (χ0v) is 11.1. The molecule has 2 N–H and O–H groups in total. The number of carbonyl (C=O) groups is 1. The summed E-state index contributed by atoms with van der Waals surface area (Å²) in [6.45, 7) is 4.11. The molecule has 1 aliphatic rings. The number of benzene rings is 1. The van der Waals surface area contributed by atoms with Crippen LogP contribution in [0.4, 0.5) is 5.69 Å². The first-order chi connectivity index (χ1) is 8.58. The van der Waals surface area contributed by atoms with Crippen molar-refractivity contribution in [3.05, 3.63) is 29.3 Å². The van der Waals surface area contributed by atoms with Gasteiger partial charge >= 0.3 is 5.97 Å². The quantitative estimate of drug-likeness (QED) is 0.644. The molecule has 1 aromatic carbocycles. The monoisotopic (exact) mass is 247 g/mol. The van der Waals surface area contributed by atoms with E-state index in [2.05, 4.69) is 6.92 Å². The molecule has 3 nitrogen and oxygen atoms in total. The molecule has 1 saturated carbocycles. The Kier molecular flexibility index (Phi) is 3.90. The second kappa shape index (κ2) is 5.42. The summed E-state index contributed by atoms with van der Waals surface area (Å²) >= 11 is 0. The van der Waals surface area contributed by atoms with Crippen molar-refractivity contribution >= 4 is 11.7 Å². The minimum absolute atomic E-state index is 0.0783. The zero-order chi connectivity index (χ0) is 13.1. The second-order valence-corrected chi connectivity index (χ2v) is 5.31. The Balaban J connectivity index is 2.01. The molecule has 0 amide bonds. The first kappa shape index (κ1) is 12.9. The molecular weight excluding hydrogens is 226 g/mol. The van der Waals surface area contributed by atoms with Crippen LogP contribution >= 0.6 is 0 Å². The average molecular weight is 247 g/mol. The van der Waals surface area contributed by atoms with Gasteiger partial charge in [-0.2, -0.15) is 0 Å². The third kappa shape index (κ3) is 2.84. The maximum atomic E-state index is 12.1.